The van der Waals surface area contributed by atoms with Crippen molar-refractivity contribution in [3.8, 4) is 0 Å². The molecule has 4 heteroatoms. The third-order valence-electron chi connectivity index (χ3n) is 2.82. The predicted octanol–water partition coefficient (Wildman–Crippen LogP) is 3.72. The van der Waals surface area contributed by atoms with Gasteiger partial charge in [0.1, 0.15) is 5.82 Å². The van der Waals surface area contributed by atoms with Crippen molar-refractivity contribution >= 4 is 11.6 Å². The Balaban J connectivity index is 1.99. The maximum Gasteiger partial charge on any atom is 0.129 e. The summed E-state index contributed by atoms with van der Waals surface area (Å²) in [6, 6.07) is 8.74. The predicted molar refractivity (Wildman–Crippen MR) is 70.9 cm³/mol. The van der Waals surface area contributed by atoms with Gasteiger partial charge >= 0.3 is 0 Å². The maximum absolute atomic E-state index is 13.6. The van der Waals surface area contributed by atoms with Gasteiger partial charge in [-0.2, -0.15) is 0 Å². The molecule has 1 aromatic heterocycles. The lowest BCUT2D eigenvalue weighted by Crippen LogP contribution is -2.18. The highest BCUT2D eigenvalue weighted by atomic mass is 35.5. The number of nitrogens with one attached hydrogen (secondary N) is 1. The van der Waals surface area contributed by atoms with E-state index in [1.807, 2.05) is 19.1 Å². The van der Waals surface area contributed by atoms with Gasteiger partial charge in [0.2, 0.25) is 0 Å². The van der Waals surface area contributed by atoms with Crippen molar-refractivity contribution in [1.82, 2.24) is 10.3 Å². The van der Waals surface area contributed by atoms with Gasteiger partial charge in [0, 0.05) is 35.6 Å². The number of aromatic nitrogens is 1. The first-order valence-corrected chi connectivity index (χ1v) is 6.12. The summed E-state index contributed by atoms with van der Waals surface area (Å²) < 4.78 is 13.6. The summed E-state index contributed by atoms with van der Waals surface area (Å²) in [6.07, 6.45) is 3.49. The Kier molecular flexibility index (Phi) is 4.28. The molecule has 2 rings (SSSR count). The van der Waals surface area contributed by atoms with Crippen molar-refractivity contribution in [2.75, 3.05) is 0 Å². The molecule has 0 radical (unpaired) electrons. The van der Waals surface area contributed by atoms with Gasteiger partial charge in [-0.1, -0.05) is 17.7 Å². The van der Waals surface area contributed by atoms with Crippen molar-refractivity contribution in [3.63, 3.8) is 0 Å². The van der Waals surface area contributed by atoms with Crippen LogP contribution in [0.15, 0.2) is 42.7 Å². The molecule has 0 amide bonds. The summed E-state index contributed by atoms with van der Waals surface area (Å²) in [5.74, 6) is -0.281. The molecule has 1 atom stereocenters. The van der Waals surface area contributed by atoms with Gasteiger partial charge in [0.05, 0.1) is 0 Å². The molecule has 0 aliphatic carbocycles. The minimum Gasteiger partial charge on any atom is -0.306 e. The standard InChI is InChI=1S/C14H14ClFN2/c1-10(11-4-6-17-7-5-11)18-9-12-2-3-13(15)8-14(12)16/h2-8,10,18H,9H2,1H3/t10-/m1/s1. The summed E-state index contributed by atoms with van der Waals surface area (Å²) in [4.78, 5) is 3.97. The van der Waals surface area contributed by atoms with Crippen LogP contribution in [0.4, 0.5) is 4.39 Å². The SMILES string of the molecule is C[C@@H](NCc1ccc(Cl)cc1F)c1ccncc1. The van der Waals surface area contributed by atoms with E-state index < -0.39 is 0 Å². The van der Waals surface area contributed by atoms with Gasteiger partial charge in [-0.3, -0.25) is 4.98 Å². The molecule has 0 unspecified atom stereocenters. The quantitative estimate of drug-likeness (QED) is 0.910. The molecule has 0 aliphatic rings. The van der Waals surface area contributed by atoms with E-state index >= 15 is 0 Å². The van der Waals surface area contributed by atoms with E-state index in [-0.39, 0.29) is 11.9 Å². The fraction of sp³-hybridized carbons (Fsp3) is 0.214. The maximum atomic E-state index is 13.6. The van der Waals surface area contributed by atoms with E-state index in [2.05, 4.69) is 10.3 Å². The van der Waals surface area contributed by atoms with Gasteiger partial charge < -0.3 is 5.32 Å². The highest BCUT2D eigenvalue weighted by molar-refractivity contribution is 6.30. The molecule has 0 saturated carbocycles. The van der Waals surface area contributed by atoms with Gasteiger partial charge in [0.15, 0.2) is 0 Å². The van der Waals surface area contributed by atoms with Crippen molar-refractivity contribution in [2.24, 2.45) is 0 Å². The molecule has 0 bridgehead atoms. The van der Waals surface area contributed by atoms with Crippen LogP contribution in [0.1, 0.15) is 24.1 Å². The lowest BCUT2D eigenvalue weighted by Gasteiger charge is -2.14. The van der Waals surface area contributed by atoms with Crippen molar-refractivity contribution in [1.29, 1.82) is 0 Å². The molecule has 2 nitrogen and oxygen atoms in total. The summed E-state index contributed by atoms with van der Waals surface area (Å²) in [5, 5.41) is 3.68. The first-order valence-electron chi connectivity index (χ1n) is 5.74. The average Bonchev–Trinajstić information content (AvgIpc) is 2.38. The first-order chi connectivity index (χ1) is 8.66. The van der Waals surface area contributed by atoms with E-state index in [0.29, 0.717) is 17.1 Å². The highest BCUT2D eigenvalue weighted by Crippen LogP contribution is 2.16. The van der Waals surface area contributed by atoms with Gasteiger partial charge in [-0.15, -0.1) is 0 Å². The fourth-order valence-electron chi connectivity index (χ4n) is 1.70. The normalized spacial score (nSPS) is 12.4. The fourth-order valence-corrected chi connectivity index (χ4v) is 1.86. The molecule has 1 N–H and O–H groups in total. The lowest BCUT2D eigenvalue weighted by molar-refractivity contribution is 0.544. The van der Waals surface area contributed by atoms with E-state index in [1.54, 1.807) is 24.5 Å². The largest absolute Gasteiger partial charge is 0.306 e. The summed E-state index contributed by atoms with van der Waals surface area (Å²) in [7, 11) is 0. The van der Waals surface area contributed by atoms with E-state index in [0.717, 1.165) is 5.56 Å². The lowest BCUT2D eigenvalue weighted by atomic mass is 10.1. The Morgan fingerprint density at radius 1 is 1.28 bits per heavy atom. The number of halogens is 2. The van der Waals surface area contributed by atoms with Crippen LogP contribution in [-0.4, -0.2) is 4.98 Å². The Morgan fingerprint density at radius 2 is 2.00 bits per heavy atom. The second kappa shape index (κ2) is 5.94. The molecule has 1 heterocycles. The van der Waals surface area contributed by atoms with Crippen molar-refractivity contribution in [3.05, 3.63) is 64.7 Å². The van der Waals surface area contributed by atoms with Gasteiger partial charge in [-0.25, -0.2) is 4.39 Å². The van der Waals surface area contributed by atoms with Gasteiger partial charge in [-0.05, 0) is 36.8 Å². The summed E-state index contributed by atoms with van der Waals surface area (Å²) >= 11 is 5.71. The summed E-state index contributed by atoms with van der Waals surface area (Å²) in [5.41, 5.74) is 1.74. The van der Waals surface area contributed by atoms with Crippen LogP contribution in [0.25, 0.3) is 0 Å². The van der Waals surface area contributed by atoms with Crippen molar-refractivity contribution < 1.29 is 4.39 Å². The molecule has 2 aromatic rings. The van der Waals surface area contributed by atoms with Crippen LogP contribution in [0, 0.1) is 5.82 Å². The number of pyridine rings is 1. The molecular weight excluding hydrogens is 251 g/mol. The molecule has 94 valence electrons. The number of nitrogens with zero attached hydrogens (tertiary/aromatic N) is 1. The Bertz CT molecular complexity index is 516. The number of hydrogen-bond acceptors (Lipinski definition) is 2. The van der Waals surface area contributed by atoms with Crippen LogP contribution < -0.4 is 5.32 Å². The second-order valence-electron chi connectivity index (χ2n) is 4.12. The Labute approximate surface area is 111 Å². The van der Waals surface area contributed by atoms with E-state index in [9.17, 15) is 4.39 Å². The topological polar surface area (TPSA) is 24.9 Å². The first kappa shape index (κ1) is 13.0. The summed E-state index contributed by atoms with van der Waals surface area (Å²) in [6.45, 7) is 2.50. The van der Waals surface area contributed by atoms with E-state index in [4.69, 9.17) is 11.6 Å². The average molecular weight is 265 g/mol. The second-order valence-corrected chi connectivity index (χ2v) is 4.56. The third-order valence-corrected chi connectivity index (χ3v) is 3.06. The number of rotatable bonds is 4. The van der Waals surface area contributed by atoms with Crippen molar-refractivity contribution in [2.45, 2.75) is 19.5 Å². The van der Waals surface area contributed by atoms with Crippen LogP contribution >= 0.6 is 11.6 Å². The zero-order valence-electron chi connectivity index (χ0n) is 10.0. The van der Waals surface area contributed by atoms with Gasteiger partial charge in [0.25, 0.3) is 0 Å². The number of benzene rings is 1. The highest BCUT2D eigenvalue weighted by Gasteiger charge is 2.07. The number of hydrogen-bond donors (Lipinski definition) is 1. The third kappa shape index (κ3) is 3.28. The van der Waals surface area contributed by atoms with Crippen LogP contribution in [0.2, 0.25) is 5.02 Å². The van der Waals surface area contributed by atoms with E-state index in [1.165, 1.54) is 6.07 Å². The minimum atomic E-state index is -0.281. The molecule has 0 fully saturated rings. The minimum absolute atomic E-state index is 0.142. The molecule has 0 saturated heterocycles. The van der Waals surface area contributed by atoms with Crippen LogP contribution in [-0.2, 0) is 6.54 Å². The molecular formula is C14H14ClFN2. The van der Waals surface area contributed by atoms with Crippen LogP contribution in [0.3, 0.4) is 0 Å². The monoisotopic (exact) mass is 264 g/mol. The Morgan fingerprint density at radius 3 is 2.67 bits per heavy atom. The molecule has 18 heavy (non-hydrogen) atoms. The molecule has 0 spiro atoms. The molecule has 0 aliphatic heterocycles. The zero-order chi connectivity index (χ0) is 13.0. The molecule has 1 aromatic carbocycles. The Hall–Kier alpha value is -1.45. The van der Waals surface area contributed by atoms with Crippen LogP contribution in [0.5, 0.6) is 0 Å². The smallest absolute Gasteiger partial charge is 0.129 e. The zero-order valence-corrected chi connectivity index (χ0v) is 10.8.